The number of aliphatic carboxylic acids is 1. The summed E-state index contributed by atoms with van der Waals surface area (Å²) in [5.41, 5.74) is 3.34. The van der Waals surface area contributed by atoms with Crippen molar-refractivity contribution in [1.29, 1.82) is 0 Å². The molecular formula is C66H64Cl4F4N8O11. The van der Waals surface area contributed by atoms with E-state index in [0.29, 0.717) is 65.0 Å². The molecule has 27 heteroatoms. The fourth-order valence-electron chi connectivity index (χ4n) is 10.9. The lowest BCUT2D eigenvalue weighted by Crippen LogP contribution is -2.24. The Labute approximate surface area is 552 Å². The number of aromatic nitrogens is 8. The molecule has 0 amide bonds. The Hall–Kier alpha value is -8.19. The first-order valence-electron chi connectivity index (χ1n) is 28.9. The second-order valence-electron chi connectivity index (χ2n) is 22.9. The van der Waals surface area contributed by atoms with Gasteiger partial charge in [0.2, 0.25) is 21.1 Å². The number of rotatable bonds is 19. The summed E-state index contributed by atoms with van der Waals surface area (Å²) in [6.07, 6.45) is 9.18. The minimum atomic E-state index is -0.915. The molecule has 4 fully saturated rings. The number of aldehydes is 1. The molecule has 12 rings (SSSR count). The van der Waals surface area contributed by atoms with Crippen molar-refractivity contribution in [3.05, 3.63) is 211 Å². The Kier molecular flexibility index (Phi) is 23.3. The van der Waals surface area contributed by atoms with Gasteiger partial charge in [-0.05, 0) is 176 Å². The lowest BCUT2D eigenvalue weighted by atomic mass is 9.94. The third-order valence-electron chi connectivity index (χ3n) is 16.8. The Morgan fingerprint density at radius 3 is 1.25 bits per heavy atom. The zero-order valence-corrected chi connectivity index (χ0v) is 53.8. The van der Waals surface area contributed by atoms with Crippen molar-refractivity contribution in [2.45, 2.75) is 82.0 Å². The van der Waals surface area contributed by atoms with Crippen LogP contribution in [0.5, 0.6) is 23.0 Å². The molecule has 4 N–H and O–H groups in total. The van der Waals surface area contributed by atoms with Gasteiger partial charge in [-0.1, -0.05) is 48.5 Å². The fraction of sp³-hybridized carbons (Fsp3) is 0.348. The maximum absolute atomic E-state index is 13.5. The van der Waals surface area contributed by atoms with Gasteiger partial charge in [0, 0.05) is 47.0 Å². The topological polar surface area (TPSA) is 272 Å². The molecule has 4 aromatic carbocycles. The number of nitrogens with zero attached hydrogens (tertiary/aromatic N) is 8. The van der Waals surface area contributed by atoms with Crippen LogP contribution in [-0.2, 0) is 40.8 Å². The van der Waals surface area contributed by atoms with E-state index in [1.165, 1.54) is 80.2 Å². The predicted molar refractivity (Wildman–Crippen MR) is 335 cm³/mol. The molecule has 4 aliphatic rings. The van der Waals surface area contributed by atoms with Crippen molar-refractivity contribution >= 4 is 64.6 Å². The molecule has 19 nitrogen and oxygen atoms in total. The number of benzene rings is 4. The average molecular weight is 1360 g/mol. The first-order chi connectivity index (χ1) is 44.3. The largest absolute Gasteiger partial charge is 0.504 e. The highest BCUT2D eigenvalue weighted by Crippen LogP contribution is 2.57. The van der Waals surface area contributed by atoms with E-state index in [4.69, 9.17) is 70.5 Å². The van der Waals surface area contributed by atoms with Crippen molar-refractivity contribution in [1.82, 2.24) is 39.9 Å². The van der Waals surface area contributed by atoms with Crippen LogP contribution >= 0.6 is 46.4 Å². The summed E-state index contributed by atoms with van der Waals surface area (Å²) >= 11 is 22.5. The number of carboxylic acids is 1. The minimum Gasteiger partial charge on any atom is -0.504 e. The summed E-state index contributed by atoms with van der Waals surface area (Å²) in [6.45, 7) is 9.28. The van der Waals surface area contributed by atoms with E-state index in [9.17, 15) is 47.3 Å². The molecule has 0 unspecified atom stereocenters. The first kappa shape index (κ1) is 70.7. The molecule has 8 aromatic rings. The number of carboxylic acid groups (broad SMARTS) is 1. The SMILES string of the molecule is CC(=O)OC[C@@H]1C[C@@]1(CO)c1cccc(F)c1.Cc1nc(Cl)ncc1O.Cc1nc(Cl)ncc1OC[C@@]1(c2cccc(F)c2)C[C@H]1C(=O)O.Cc1nc(Cl)ncc1OC[C@@]1(c2cccc(F)c2)C[C@H]1C=O.Cc1nc(Cl)ncc1OC[C@@]1(c2cccc(F)c2)C[C@H]1CO. The summed E-state index contributed by atoms with van der Waals surface area (Å²) in [5, 5.41) is 37.7. The van der Waals surface area contributed by atoms with Crippen LogP contribution in [-0.4, -0.2) is 118 Å². The molecule has 4 saturated carbocycles. The van der Waals surface area contributed by atoms with E-state index < -0.39 is 33.9 Å². The van der Waals surface area contributed by atoms with E-state index in [0.717, 1.165) is 35.8 Å². The van der Waals surface area contributed by atoms with Crippen LogP contribution < -0.4 is 14.2 Å². The standard InChI is InChI=1S/C16H14ClFN2O3.C16H16ClFN2O2.C16H14ClFN2O2.C13H15FO3.C5H5ClN2O/c1-9-13(7-19-15(17)20-9)23-8-16(6-12(16)14(21)22)10-3-2-4-11(18)5-10;2*1-10-14(7-19-15(17)20-10)22-9-16(6-12(16)8-21)11-3-2-4-13(18)5-11;1-9(16)17-7-11-6-13(11,8-15)10-3-2-4-12(14)5-10;1-3-4(9)2-7-5(6)8-3/h2-5,7,12H,6,8H2,1H3,(H,21,22);2-5,7,12,21H,6,8-9H2,1H3;2-5,7-8,12H,6,9H2,1H3;2-5,11,15H,6-8H2,1H3;2,9H,1H3/t3*12-,16+;11-,13+;/m0000./s1. The second-order valence-corrected chi connectivity index (χ2v) is 24.2. The van der Waals surface area contributed by atoms with Crippen LogP contribution in [0.3, 0.4) is 0 Å². The molecule has 0 radical (unpaired) electrons. The Balaban J connectivity index is 0.000000153. The van der Waals surface area contributed by atoms with E-state index in [2.05, 4.69) is 39.9 Å². The molecule has 0 spiro atoms. The van der Waals surface area contributed by atoms with Crippen molar-refractivity contribution < 1.29 is 71.3 Å². The number of esters is 1. The zero-order valence-electron chi connectivity index (χ0n) is 50.8. The van der Waals surface area contributed by atoms with Gasteiger partial charge in [0.15, 0.2) is 23.0 Å². The number of aryl methyl sites for hydroxylation is 4. The Morgan fingerprint density at radius 2 is 0.914 bits per heavy atom. The molecule has 0 aliphatic heterocycles. The van der Waals surface area contributed by atoms with Gasteiger partial charge in [-0.25, -0.2) is 57.4 Å². The molecule has 490 valence electrons. The zero-order chi connectivity index (χ0) is 67.4. The average Bonchev–Trinajstić information content (AvgIpc) is 1.60. The maximum Gasteiger partial charge on any atom is 0.307 e. The lowest BCUT2D eigenvalue weighted by molar-refractivity contribution is -0.142. The highest BCUT2D eigenvalue weighted by molar-refractivity contribution is 6.29. The van der Waals surface area contributed by atoms with Gasteiger partial charge in [-0.3, -0.25) is 9.59 Å². The molecule has 4 aliphatic carbocycles. The second kappa shape index (κ2) is 30.7. The number of hydrogen-bond acceptors (Lipinski definition) is 18. The summed E-state index contributed by atoms with van der Waals surface area (Å²) in [5.74, 6) is -1.61. The van der Waals surface area contributed by atoms with E-state index in [1.54, 1.807) is 64.1 Å². The smallest absolute Gasteiger partial charge is 0.307 e. The van der Waals surface area contributed by atoms with Gasteiger partial charge in [0.1, 0.15) is 29.6 Å². The fourth-order valence-corrected chi connectivity index (χ4v) is 11.6. The summed E-state index contributed by atoms with van der Waals surface area (Å²) in [7, 11) is 0. The number of hydrogen-bond donors (Lipinski definition) is 4. The third-order valence-corrected chi connectivity index (χ3v) is 17.5. The van der Waals surface area contributed by atoms with Gasteiger partial charge in [-0.15, -0.1) is 0 Å². The Morgan fingerprint density at radius 1 is 0.538 bits per heavy atom. The van der Waals surface area contributed by atoms with Gasteiger partial charge in [0.05, 0.1) is 86.5 Å². The summed E-state index contributed by atoms with van der Waals surface area (Å²) < 4.78 is 75.9. The van der Waals surface area contributed by atoms with Crippen LogP contribution in [0.1, 0.15) is 77.6 Å². The van der Waals surface area contributed by atoms with Crippen LogP contribution in [0, 0.1) is 74.6 Å². The molecule has 93 heavy (non-hydrogen) atoms. The number of aliphatic hydroxyl groups excluding tert-OH is 2. The number of aliphatic hydroxyl groups is 2. The van der Waals surface area contributed by atoms with Crippen LogP contribution in [0.15, 0.2) is 122 Å². The van der Waals surface area contributed by atoms with E-state index >= 15 is 0 Å². The van der Waals surface area contributed by atoms with E-state index in [1.807, 2.05) is 12.1 Å². The quantitative estimate of drug-likeness (QED) is 0.0253. The van der Waals surface area contributed by atoms with Crippen LogP contribution in [0.25, 0.3) is 0 Å². The third kappa shape index (κ3) is 17.7. The van der Waals surface area contributed by atoms with Crippen LogP contribution in [0.4, 0.5) is 17.6 Å². The lowest BCUT2D eigenvalue weighted by Gasteiger charge is -2.19. The number of carbonyl (C=O) groups is 3. The van der Waals surface area contributed by atoms with Crippen molar-refractivity contribution in [3.8, 4) is 23.0 Å². The minimum absolute atomic E-state index is 0.0516. The van der Waals surface area contributed by atoms with Gasteiger partial charge < -0.3 is 44.2 Å². The number of ether oxygens (including phenoxy) is 4. The van der Waals surface area contributed by atoms with Crippen molar-refractivity contribution in [2.75, 3.05) is 39.6 Å². The summed E-state index contributed by atoms with van der Waals surface area (Å²) in [4.78, 5) is 64.2. The van der Waals surface area contributed by atoms with E-state index in [-0.39, 0.29) is 107 Å². The first-order valence-corrected chi connectivity index (χ1v) is 30.4. The Bertz CT molecular complexity index is 3990. The molecule has 4 heterocycles. The maximum atomic E-state index is 13.5. The van der Waals surface area contributed by atoms with Gasteiger partial charge in [-0.2, -0.15) is 0 Å². The number of carbonyl (C=O) groups excluding carboxylic acids is 2. The summed E-state index contributed by atoms with van der Waals surface area (Å²) in [6, 6.07) is 25.0. The van der Waals surface area contributed by atoms with Gasteiger partial charge in [0.25, 0.3) is 0 Å². The predicted octanol–water partition coefficient (Wildman–Crippen LogP) is 11.8. The molecule has 4 aromatic heterocycles. The molecule has 8 atom stereocenters. The molecule has 0 bridgehead atoms. The highest BCUT2D eigenvalue weighted by Gasteiger charge is 2.61. The highest BCUT2D eigenvalue weighted by atomic mass is 35.5. The van der Waals surface area contributed by atoms with Crippen LogP contribution in [0.2, 0.25) is 21.1 Å². The van der Waals surface area contributed by atoms with Gasteiger partial charge >= 0.3 is 11.9 Å². The number of aromatic hydroxyl groups is 1. The monoisotopic (exact) mass is 1360 g/mol. The normalized spacial score (nSPS) is 22.4. The molecule has 0 saturated heterocycles. The van der Waals surface area contributed by atoms with Crippen molar-refractivity contribution in [2.24, 2.45) is 23.7 Å². The van der Waals surface area contributed by atoms with Crippen molar-refractivity contribution in [3.63, 3.8) is 0 Å². The number of halogens is 8. The molecular weight excluding hydrogens is 1300 g/mol.